The lowest BCUT2D eigenvalue weighted by Gasteiger charge is -2.19. The standard InChI is InChI=1S/C26H31N5O5S/c1-17-12-21(35-5)13-18(2)24(17)37(33,34)31(4)15-23-29-22(16-36-23)26(32)30(3)14-19-6-8-20(9-7-19)25-27-10-11-28-25/h6-9,12-13,16H,10-11,14-15H2,1-5H3,(H,27,28). The number of aliphatic imine (C=N–C) groups is 1. The molecule has 4 rings (SSSR count). The maximum absolute atomic E-state index is 13.3. The largest absolute Gasteiger partial charge is 0.497 e. The molecule has 37 heavy (non-hydrogen) atoms. The highest BCUT2D eigenvalue weighted by Crippen LogP contribution is 2.28. The molecule has 0 saturated carbocycles. The predicted molar refractivity (Wildman–Crippen MR) is 139 cm³/mol. The second-order valence-corrected chi connectivity index (χ2v) is 11.0. The first-order valence-corrected chi connectivity index (χ1v) is 13.2. The molecule has 11 heteroatoms. The van der Waals surface area contributed by atoms with E-state index in [0.29, 0.717) is 23.4 Å². The molecule has 1 aliphatic heterocycles. The number of rotatable bonds is 9. The summed E-state index contributed by atoms with van der Waals surface area (Å²) in [4.78, 5) is 23.3. The molecule has 2 heterocycles. The number of sulfonamides is 1. The van der Waals surface area contributed by atoms with Crippen molar-refractivity contribution >= 4 is 21.8 Å². The predicted octanol–water partition coefficient (Wildman–Crippen LogP) is 2.74. The SMILES string of the molecule is COc1cc(C)c(S(=O)(=O)N(C)Cc2nc(C(=O)N(C)Cc3ccc(C4=NCCN4)cc3)co2)c(C)c1. The average molecular weight is 526 g/mol. The van der Waals surface area contributed by atoms with E-state index in [1.54, 1.807) is 33.0 Å². The first-order chi connectivity index (χ1) is 17.6. The van der Waals surface area contributed by atoms with Gasteiger partial charge < -0.3 is 19.4 Å². The lowest BCUT2D eigenvalue weighted by molar-refractivity contribution is 0.0779. The number of methoxy groups -OCH3 is 1. The van der Waals surface area contributed by atoms with Gasteiger partial charge >= 0.3 is 0 Å². The molecule has 0 spiro atoms. The molecule has 0 saturated heterocycles. The number of hydrogen-bond donors (Lipinski definition) is 1. The quantitative estimate of drug-likeness (QED) is 0.456. The lowest BCUT2D eigenvalue weighted by atomic mass is 10.1. The fourth-order valence-electron chi connectivity index (χ4n) is 4.25. The average Bonchev–Trinajstić information content (AvgIpc) is 3.56. The fourth-order valence-corrected chi connectivity index (χ4v) is 5.77. The molecule has 1 aromatic heterocycles. The monoisotopic (exact) mass is 525 g/mol. The third-order valence-corrected chi connectivity index (χ3v) is 8.24. The number of nitrogens with one attached hydrogen (secondary N) is 1. The van der Waals surface area contributed by atoms with Gasteiger partial charge in [-0.15, -0.1) is 0 Å². The van der Waals surface area contributed by atoms with Crippen LogP contribution >= 0.6 is 0 Å². The summed E-state index contributed by atoms with van der Waals surface area (Å²) in [6.45, 7) is 5.32. The summed E-state index contributed by atoms with van der Waals surface area (Å²) in [5.74, 6) is 1.28. The van der Waals surface area contributed by atoms with Crippen molar-refractivity contribution in [3.05, 3.63) is 76.5 Å². The molecular weight excluding hydrogens is 494 g/mol. The number of nitrogens with zero attached hydrogens (tertiary/aromatic N) is 4. The Morgan fingerprint density at radius 2 is 1.78 bits per heavy atom. The summed E-state index contributed by atoms with van der Waals surface area (Å²) in [7, 11) is 0.834. The fraction of sp³-hybridized carbons (Fsp3) is 0.346. The zero-order valence-electron chi connectivity index (χ0n) is 21.6. The second kappa shape index (κ2) is 10.7. The molecule has 1 aliphatic rings. The Labute approximate surface area is 217 Å². The smallest absolute Gasteiger partial charge is 0.275 e. The number of aromatic nitrogens is 1. The first-order valence-electron chi connectivity index (χ1n) is 11.8. The van der Waals surface area contributed by atoms with E-state index in [1.807, 2.05) is 24.3 Å². The summed E-state index contributed by atoms with van der Waals surface area (Å²) < 4.78 is 38.4. The van der Waals surface area contributed by atoms with E-state index >= 15 is 0 Å². The highest BCUT2D eigenvalue weighted by Gasteiger charge is 2.27. The Morgan fingerprint density at radius 1 is 1.11 bits per heavy atom. The van der Waals surface area contributed by atoms with Gasteiger partial charge in [-0.2, -0.15) is 4.31 Å². The Bertz CT molecular complexity index is 1410. The highest BCUT2D eigenvalue weighted by molar-refractivity contribution is 7.89. The summed E-state index contributed by atoms with van der Waals surface area (Å²) in [6, 6.07) is 11.2. The number of oxazole rings is 1. The van der Waals surface area contributed by atoms with Gasteiger partial charge in [-0.1, -0.05) is 24.3 Å². The zero-order valence-corrected chi connectivity index (χ0v) is 22.4. The Balaban J connectivity index is 1.41. The molecule has 196 valence electrons. The molecule has 3 aromatic rings. The second-order valence-electron chi connectivity index (χ2n) is 8.99. The molecule has 2 aromatic carbocycles. The number of amidine groups is 1. The lowest BCUT2D eigenvalue weighted by Crippen LogP contribution is -2.28. The van der Waals surface area contributed by atoms with Crippen LogP contribution in [-0.4, -0.2) is 68.6 Å². The van der Waals surface area contributed by atoms with Crippen molar-refractivity contribution in [2.75, 3.05) is 34.3 Å². The summed E-state index contributed by atoms with van der Waals surface area (Å²) in [5, 5.41) is 3.24. The van der Waals surface area contributed by atoms with Crippen molar-refractivity contribution in [3.63, 3.8) is 0 Å². The highest BCUT2D eigenvalue weighted by atomic mass is 32.2. The topological polar surface area (TPSA) is 117 Å². The molecule has 0 fully saturated rings. The van der Waals surface area contributed by atoms with Crippen LogP contribution in [-0.2, 0) is 23.1 Å². The van der Waals surface area contributed by atoms with Crippen molar-refractivity contribution in [2.24, 2.45) is 4.99 Å². The molecule has 0 unspecified atom stereocenters. The molecular formula is C26H31N5O5S. The van der Waals surface area contributed by atoms with Crippen molar-refractivity contribution in [1.82, 2.24) is 19.5 Å². The Hall–Kier alpha value is -3.70. The third-order valence-electron chi connectivity index (χ3n) is 6.13. The van der Waals surface area contributed by atoms with Crippen LogP contribution in [0.15, 0.2) is 57.0 Å². The molecule has 0 atom stereocenters. The van der Waals surface area contributed by atoms with E-state index < -0.39 is 10.0 Å². The number of amides is 1. The minimum Gasteiger partial charge on any atom is -0.497 e. The van der Waals surface area contributed by atoms with Crippen LogP contribution < -0.4 is 10.1 Å². The number of ether oxygens (including phenoxy) is 1. The van der Waals surface area contributed by atoms with Crippen LogP contribution in [0, 0.1) is 13.8 Å². The van der Waals surface area contributed by atoms with Crippen molar-refractivity contribution in [1.29, 1.82) is 0 Å². The van der Waals surface area contributed by atoms with Crippen LogP contribution in [0.2, 0.25) is 0 Å². The number of aryl methyl sites for hydroxylation is 2. The van der Waals surface area contributed by atoms with Crippen LogP contribution in [0.3, 0.4) is 0 Å². The van der Waals surface area contributed by atoms with Gasteiger partial charge in [0.2, 0.25) is 15.9 Å². The van der Waals surface area contributed by atoms with Gasteiger partial charge in [-0.25, -0.2) is 13.4 Å². The molecule has 1 amide bonds. The van der Waals surface area contributed by atoms with E-state index in [0.717, 1.165) is 34.4 Å². The van der Waals surface area contributed by atoms with Crippen molar-refractivity contribution < 1.29 is 22.4 Å². The van der Waals surface area contributed by atoms with Crippen molar-refractivity contribution in [2.45, 2.75) is 31.8 Å². The van der Waals surface area contributed by atoms with E-state index in [-0.39, 0.29) is 28.9 Å². The minimum absolute atomic E-state index is 0.112. The number of benzene rings is 2. The van der Waals surface area contributed by atoms with Gasteiger partial charge in [0.15, 0.2) is 5.69 Å². The Kier molecular flexibility index (Phi) is 7.65. The van der Waals surface area contributed by atoms with E-state index in [2.05, 4.69) is 15.3 Å². The van der Waals surface area contributed by atoms with Gasteiger partial charge in [0.1, 0.15) is 17.8 Å². The summed E-state index contributed by atoms with van der Waals surface area (Å²) in [6.07, 6.45) is 1.26. The molecule has 10 nitrogen and oxygen atoms in total. The first kappa shape index (κ1) is 26.4. The molecule has 0 radical (unpaired) electrons. The third kappa shape index (κ3) is 5.67. The minimum atomic E-state index is -3.83. The van der Waals surface area contributed by atoms with Crippen LogP contribution in [0.5, 0.6) is 5.75 Å². The summed E-state index contributed by atoms with van der Waals surface area (Å²) in [5.41, 5.74) is 3.23. The van der Waals surface area contributed by atoms with Crippen LogP contribution in [0.4, 0.5) is 0 Å². The van der Waals surface area contributed by atoms with Crippen LogP contribution in [0.1, 0.15) is 38.6 Å². The van der Waals surface area contributed by atoms with Gasteiger partial charge in [-0.05, 0) is 42.7 Å². The van der Waals surface area contributed by atoms with Crippen LogP contribution in [0.25, 0.3) is 0 Å². The van der Waals surface area contributed by atoms with E-state index in [1.165, 1.54) is 25.3 Å². The maximum Gasteiger partial charge on any atom is 0.275 e. The van der Waals surface area contributed by atoms with Crippen molar-refractivity contribution in [3.8, 4) is 5.75 Å². The van der Waals surface area contributed by atoms with E-state index in [9.17, 15) is 13.2 Å². The number of carbonyl (C=O) groups is 1. The van der Waals surface area contributed by atoms with Gasteiger partial charge in [0.25, 0.3) is 5.91 Å². The number of hydrogen-bond acceptors (Lipinski definition) is 8. The Morgan fingerprint density at radius 3 is 2.38 bits per heavy atom. The molecule has 0 aliphatic carbocycles. The summed E-state index contributed by atoms with van der Waals surface area (Å²) >= 11 is 0. The number of carbonyl (C=O) groups excluding carboxylic acids is 1. The van der Waals surface area contributed by atoms with Gasteiger partial charge in [0.05, 0.1) is 25.1 Å². The van der Waals surface area contributed by atoms with E-state index in [4.69, 9.17) is 9.15 Å². The zero-order chi connectivity index (χ0) is 26.7. The maximum atomic E-state index is 13.3. The normalized spacial score (nSPS) is 13.4. The molecule has 1 N–H and O–H groups in total. The van der Waals surface area contributed by atoms with Gasteiger partial charge in [-0.3, -0.25) is 9.79 Å². The molecule has 0 bridgehead atoms. The van der Waals surface area contributed by atoms with Gasteiger partial charge in [0, 0.05) is 32.7 Å².